The molecule has 1 aliphatic rings. The van der Waals surface area contributed by atoms with E-state index in [1.54, 1.807) is 18.4 Å². The van der Waals surface area contributed by atoms with Crippen LogP contribution in [0.4, 0.5) is 0 Å². The number of methoxy groups -OCH3 is 1. The zero-order valence-electron chi connectivity index (χ0n) is 11.5. The first-order valence-electron chi connectivity index (χ1n) is 6.86. The molecule has 1 saturated heterocycles. The van der Waals surface area contributed by atoms with Crippen LogP contribution in [0.2, 0.25) is 5.02 Å². The van der Waals surface area contributed by atoms with Gasteiger partial charge in [0.25, 0.3) is 0 Å². The lowest BCUT2D eigenvalue weighted by Crippen LogP contribution is -2.22. The van der Waals surface area contributed by atoms with Crippen molar-refractivity contribution in [3.8, 4) is 5.75 Å². The van der Waals surface area contributed by atoms with Gasteiger partial charge >= 0.3 is 0 Å². The average molecular weight is 308 g/mol. The second-order valence-electron chi connectivity index (χ2n) is 5.14. The van der Waals surface area contributed by atoms with E-state index < -0.39 is 0 Å². The third-order valence-electron chi connectivity index (χ3n) is 3.91. The fraction of sp³-hybridized carbons (Fsp3) is 0.375. The maximum atomic E-state index is 6.12. The number of hydrogen-bond donors (Lipinski definition) is 0. The molecule has 0 saturated carbocycles. The molecule has 0 N–H and O–H groups in total. The molecule has 0 bridgehead atoms. The first-order valence-corrected chi connectivity index (χ1v) is 8.18. The van der Waals surface area contributed by atoms with Gasteiger partial charge in [0.1, 0.15) is 5.75 Å². The Morgan fingerprint density at radius 3 is 3.05 bits per heavy atom. The van der Waals surface area contributed by atoms with Crippen molar-refractivity contribution in [2.24, 2.45) is 0 Å². The first-order chi connectivity index (χ1) is 9.78. The van der Waals surface area contributed by atoms with Crippen LogP contribution in [0.1, 0.15) is 30.0 Å². The minimum atomic E-state index is 0.532. The molecule has 2 nitrogen and oxygen atoms in total. The number of halogens is 1. The third kappa shape index (κ3) is 2.85. The van der Waals surface area contributed by atoms with E-state index in [1.165, 1.54) is 24.0 Å². The zero-order valence-corrected chi connectivity index (χ0v) is 13.1. The van der Waals surface area contributed by atoms with Crippen molar-refractivity contribution in [3.05, 3.63) is 51.2 Å². The van der Waals surface area contributed by atoms with E-state index in [-0.39, 0.29) is 0 Å². The van der Waals surface area contributed by atoms with Crippen molar-refractivity contribution >= 4 is 22.9 Å². The monoisotopic (exact) mass is 307 g/mol. The van der Waals surface area contributed by atoms with E-state index in [2.05, 4.69) is 21.7 Å². The van der Waals surface area contributed by atoms with E-state index in [1.807, 2.05) is 18.2 Å². The summed E-state index contributed by atoms with van der Waals surface area (Å²) in [5, 5.41) is 5.19. The van der Waals surface area contributed by atoms with Gasteiger partial charge in [0.15, 0.2) is 0 Å². The Bertz CT molecular complexity index is 570. The van der Waals surface area contributed by atoms with Gasteiger partial charge in [0.05, 0.1) is 7.11 Å². The third-order valence-corrected chi connectivity index (χ3v) is 4.84. The van der Waals surface area contributed by atoms with Gasteiger partial charge in [-0.25, -0.2) is 0 Å². The minimum absolute atomic E-state index is 0.532. The summed E-state index contributed by atoms with van der Waals surface area (Å²) < 4.78 is 5.45. The molecule has 0 unspecified atom stereocenters. The number of ether oxygens (including phenoxy) is 1. The standard InChI is InChI=1S/C16H18ClNOS/c1-19-16-5-4-14(17)9-13(16)10-18-7-2-3-15(18)12-6-8-20-11-12/h4-6,8-9,11,15H,2-3,7,10H2,1H3/t15-/m0/s1. The van der Waals surface area contributed by atoms with Gasteiger partial charge in [-0.05, 0) is 60.0 Å². The van der Waals surface area contributed by atoms with Crippen LogP contribution in [-0.4, -0.2) is 18.6 Å². The van der Waals surface area contributed by atoms with Crippen molar-refractivity contribution in [1.82, 2.24) is 4.90 Å². The second kappa shape index (κ2) is 6.17. The van der Waals surface area contributed by atoms with Crippen LogP contribution >= 0.6 is 22.9 Å². The Hall–Kier alpha value is -1.03. The van der Waals surface area contributed by atoms with Crippen molar-refractivity contribution in [3.63, 3.8) is 0 Å². The summed E-state index contributed by atoms with van der Waals surface area (Å²) in [5.41, 5.74) is 2.61. The molecule has 1 fully saturated rings. The molecule has 0 radical (unpaired) electrons. The topological polar surface area (TPSA) is 12.5 Å². The lowest BCUT2D eigenvalue weighted by atomic mass is 10.1. The fourth-order valence-corrected chi connectivity index (χ4v) is 3.85. The molecular weight excluding hydrogens is 290 g/mol. The molecule has 2 heterocycles. The van der Waals surface area contributed by atoms with E-state index in [0.717, 1.165) is 23.9 Å². The van der Waals surface area contributed by atoms with Crippen LogP contribution < -0.4 is 4.74 Å². The largest absolute Gasteiger partial charge is 0.496 e. The minimum Gasteiger partial charge on any atom is -0.496 e. The molecule has 3 rings (SSSR count). The molecule has 1 aromatic heterocycles. The molecule has 0 aliphatic carbocycles. The highest BCUT2D eigenvalue weighted by molar-refractivity contribution is 7.07. The summed E-state index contributed by atoms with van der Waals surface area (Å²) in [6.07, 6.45) is 2.49. The van der Waals surface area contributed by atoms with Crippen molar-refractivity contribution in [2.75, 3.05) is 13.7 Å². The molecular formula is C16H18ClNOS. The summed E-state index contributed by atoms with van der Waals surface area (Å²) in [6, 6.07) is 8.62. The van der Waals surface area contributed by atoms with Crippen LogP contribution in [0.5, 0.6) is 5.75 Å². The molecule has 1 aromatic carbocycles. The van der Waals surface area contributed by atoms with Gasteiger partial charge < -0.3 is 4.74 Å². The van der Waals surface area contributed by atoms with Crippen LogP contribution in [0, 0.1) is 0 Å². The Kier molecular flexibility index (Phi) is 4.29. The van der Waals surface area contributed by atoms with Crippen LogP contribution in [0.3, 0.4) is 0 Å². The van der Waals surface area contributed by atoms with E-state index in [9.17, 15) is 0 Å². The Morgan fingerprint density at radius 1 is 1.40 bits per heavy atom. The summed E-state index contributed by atoms with van der Waals surface area (Å²) >= 11 is 7.90. The lowest BCUT2D eigenvalue weighted by molar-refractivity contribution is 0.245. The Labute approximate surface area is 128 Å². The van der Waals surface area contributed by atoms with Crippen molar-refractivity contribution in [1.29, 1.82) is 0 Å². The summed E-state index contributed by atoms with van der Waals surface area (Å²) in [5.74, 6) is 0.922. The highest BCUT2D eigenvalue weighted by Gasteiger charge is 2.26. The SMILES string of the molecule is COc1ccc(Cl)cc1CN1CCC[C@H]1c1ccsc1. The number of hydrogen-bond acceptors (Lipinski definition) is 3. The molecule has 20 heavy (non-hydrogen) atoms. The van der Waals surface area contributed by atoms with Crippen LogP contribution in [0.15, 0.2) is 35.0 Å². The number of thiophene rings is 1. The highest BCUT2D eigenvalue weighted by Crippen LogP contribution is 2.35. The fourth-order valence-electron chi connectivity index (χ4n) is 2.95. The molecule has 2 aromatic rings. The van der Waals surface area contributed by atoms with Crippen molar-refractivity contribution in [2.45, 2.75) is 25.4 Å². The first kappa shape index (κ1) is 13.9. The van der Waals surface area contributed by atoms with Gasteiger partial charge in [-0.15, -0.1) is 0 Å². The molecule has 4 heteroatoms. The smallest absolute Gasteiger partial charge is 0.123 e. The predicted molar refractivity (Wildman–Crippen MR) is 84.7 cm³/mol. The van der Waals surface area contributed by atoms with E-state index in [4.69, 9.17) is 16.3 Å². The maximum absolute atomic E-state index is 6.12. The van der Waals surface area contributed by atoms with Gasteiger partial charge in [-0.1, -0.05) is 11.6 Å². The quantitative estimate of drug-likeness (QED) is 0.808. The molecule has 0 spiro atoms. The lowest BCUT2D eigenvalue weighted by Gasteiger charge is -2.25. The second-order valence-corrected chi connectivity index (χ2v) is 6.36. The Balaban J connectivity index is 1.82. The number of likely N-dealkylation sites (tertiary alicyclic amines) is 1. The number of nitrogens with zero attached hydrogens (tertiary/aromatic N) is 1. The van der Waals surface area contributed by atoms with Gasteiger partial charge in [-0.3, -0.25) is 4.90 Å². The van der Waals surface area contributed by atoms with Gasteiger partial charge in [-0.2, -0.15) is 11.3 Å². The molecule has 106 valence electrons. The molecule has 0 amide bonds. The summed E-state index contributed by atoms with van der Waals surface area (Å²) in [4.78, 5) is 2.52. The average Bonchev–Trinajstić information content (AvgIpc) is 3.09. The highest BCUT2D eigenvalue weighted by atomic mass is 35.5. The Morgan fingerprint density at radius 2 is 2.30 bits per heavy atom. The van der Waals surface area contributed by atoms with E-state index in [0.29, 0.717) is 6.04 Å². The normalized spacial score (nSPS) is 19.4. The van der Waals surface area contributed by atoms with Gasteiger partial charge in [0, 0.05) is 23.2 Å². The van der Waals surface area contributed by atoms with E-state index >= 15 is 0 Å². The molecule has 1 atom stereocenters. The van der Waals surface area contributed by atoms with Crippen LogP contribution in [-0.2, 0) is 6.54 Å². The number of benzene rings is 1. The maximum Gasteiger partial charge on any atom is 0.123 e. The van der Waals surface area contributed by atoms with Crippen molar-refractivity contribution < 1.29 is 4.74 Å². The number of rotatable bonds is 4. The van der Waals surface area contributed by atoms with Gasteiger partial charge in [0.2, 0.25) is 0 Å². The summed E-state index contributed by atoms with van der Waals surface area (Å²) in [6.45, 7) is 2.03. The zero-order chi connectivity index (χ0) is 13.9. The predicted octanol–water partition coefficient (Wildman–Crippen LogP) is 4.75. The molecule has 1 aliphatic heterocycles. The summed E-state index contributed by atoms with van der Waals surface area (Å²) in [7, 11) is 1.72. The van der Waals surface area contributed by atoms with Crippen LogP contribution in [0.25, 0.3) is 0 Å².